The second-order valence-corrected chi connectivity index (χ2v) is 5.22. The highest BCUT2D eigenvalue weighted by Crippen LogP contribution is 2.35. The predicted molar refractivity (Wildman–Crippen MR) is 86.2 cm³/mol. The number of nitrogens with one attached hydrogen (secondary N) is 1. The third-order valence-corrected chi connectivity index (χ3v) is 3.89. The number of rotatable bonds is 5. The molecule has 3 rings (SSSR count). The van der Waals surface area contributed by atoms with Crippen LogP contribution >= 0.6 is 0 Å². The van der Waals surface area contributed by atoms with E-state index < -0.39 is 0 Å². The Morgan fingerprint density at radius 2 is 1.82 bits per heavy atom. The number of hydrogen-bond acceptors (Lipinski definition) is 3. The van der Waals surface area contributed by atoms with Crippen LogP contribution < -0.4 is 4.74 Å². The van der Waals surface area contributed by atoms with Gasteiger partial charge in [0.15, 0.2) is 6.23 Å². The van der Waals surface area contributed by atoms with Crippen LogP contribution in [0.4, 0.5) is 0 Å². The third kappa shape index (κ3) is 2.57. The fraction of sp³-hybridized carbons (Fsp3) is 0.278. The maximum atomic E-state index is 8.45. The molecule has 0 bridgehead atoms. The normalized spacial score (nSPS) is 16.7. The first-order valence-corrected chi connectivity index (χ1v) is 7.43. The summed E-state index contributed by atoms with van der Waals surface area (Å²) in [7, 11) is 1.66. The zero-order valence-electron chi connectivity index (χ0n) is 12.9. The number of benzene rings is 2. The molecule has 114 valence electrons. The Bertz CT molecular complexity index is 667. The van der Waals surface area contributed by atoms with Crippen LogP contribution in [0.15, 0.2) is 48.5 Å². The van der Waals surface area contributed by atoms with E-state index in [1.807, 2.05) is 60.4 Å². The number of fused-ring (bicyclic) bond motifs is 1. The van der Waals surface area contributed by atoms with Gasteiger partial charge in [-0.2, -0.15) is 0 Å². The van der Waals surface area contributed by atoms with Crippen LogP contribution in [0.1, 0.15) is 29.8 Å². The summed E-state index contributed by atoms with van der Waals surface area (Å²) in [6.45, 7) is 3.24. The predicted octanol–water partition coefficient (Wildman–Crippen LogP) is 3.57. The van der Waals surface area contributed by atoms with Crippen molar-refractivity contribution in [3.05, 3.63) is 65.2 Å². The second-order valence-electron chi connectivity index (χ2n) is 5.22. The smallest absolute Gasteiger partial charge is 0.158 e. The molecule has 0 saturated heterocycles. The average molecular weight is 296 g/mol. The van der Waals surface area contributed by atoms with Crippen LogP contribution in [0, 0.1) is 5.41 Å². The van der Waals surface area contributed by atoms with E-state index in [2.05, 4.69) is 0 Å². The third-order valence-electron chi connectivity index (χ3n) is 3.89. The highest BCUT2D eigenvalue weighted by molar-refractivity contribution is 6.00. The van der Waals surface area contributed by atoms with Gasteiger partial charge in [-0.3, -0.25) is 5.41 Å². The van der Waals surface area contributed by atoms with E-state index >= 15 is 0 Å². The summed E-state index contributed by atoms with van der Waals surface area (Å²) in [6.07, 6.45) is -0.184. The molecule has 1 aliphatic rings. The van der Waals surface area contributed by atoms with Gasteiger partial charge in [-0.05, 0) is 24.6 Å². The fourth-order valence-corrected chi connectivity index (χ4v) is 2.80. The first-order valence-electron chi connectivity index (χ1n) is 7.43. The number of ether oxygens (including phenoxy) is 2. The lowest BCUT2D eigenvalue weighted by molar-refractivity contribution is -0.0196. The van der Waals surface area contributed by atoms with Gasteiger partial charge in [0.2, 0.25) is 0 Å². The molecule has 1 N–H and O–H groups in total. The first kappa shape index (κ1) is 14.6. The van der Waals surface area contributed by atoms with E-state index in [0.29, 0.717) is 19.0 Å². The molecule has 0 spiro atoms. The molecule has 0 aromatic heterocycles. The molecule has 4 heteroatoms. The van der Waals surface area contributed by atoms with Gasteiger partial charge in [0.05, 0.1) is 7.11 Å². The Kier molecular flexibility index (Phi) is 4.11. The summed E-state index contributed by atoms with van der Waals surface area (Å²) in [6, 6.07) is 15.9. The monoisotopic (exact) mass is 296 g/mol. The molecule has 1 heterocycles. The number of methoxy groups -OCH3 is 1. The summed E-state index contributed by atoms with van der Waals surface area (Å²) in [4.78, 5) is 2.00. The lowest BCUT2D eigenvalue weighted by Crippen LogP contribution is -2.29. The van der Waals surface area contributed by atoms with E-state index in [9.17, 15) is 0 Å². The molecule has 0 saturated carbocycles. The summed E-state index contributed by atoms with van der Waals surface area (Å²) in [5, 5.41) is 8.45. The molecule has 2 aromatic carbocycles. The number of amidine groups is 1. The van der Waals surface area contributed by atoms with E-state index in [4.69, 9.17) is 14.9 Å². The maximum absolute atomic E-state index is 8.45. The van der Waals surface area contributed by atoms with Crippen molar-refractivity contribution < 1.29 is 9.47 Å². The SMILES string of the molecule is CCOC1c2ccccc2C(=N)N1Cc1ccc(OC)cc1. The van der Waals surface area contributed by atoms with Crippen molar-refractivity contribution in [3.63, 3.8) is 0 Å². The van der Waals surface area contributed by atoms with Crippen LogP contribution in [-0.2, 0) is 11.3 Å². The highest BCUT2D eigenvalue weighted by atomic mass is 16.5. The Labute approximate surface area is 130 Å². The summed E-state index contributed by atoms with van der Waals surface area (Å²) in [5.41, 5.74) is 3.15. The zero-order valence-corrected chi connectivity index (χ0v) is 12.9. The van der Waals surface area contributed by atoms with Crippen molar-refractivity contribution in [2.75, 3.05) is 13.7 Å². The topological polar surface area (TPSA) is 45.5 Å². The number of nitrogens with zero attached hydrogens (tertiary/aromatic N) is 1. The highest BCUT2D eigenvalue weighted by Gasteiger charge is 2.34. The van der Waals surface area contributed by atoms with Crippen molar-refractivity contribution in [3.8, 4) is 5.75 Å². The Hall–Kier alpha value is -2.33. The van der Waals surface area contributed by atoms with Crippen LogP contribution in [0.2, 0.25) is 0 Å². The van der Waals surface area contributed by atoms with Crippen LogP contribution in [0.25, 0.3) is 0 Å². The summed E-state index contributed by atoms with van der Waals surface area (Å²) >= 11 is 0. The largest absolute Gasteiger partial charge is 0.497 e. The van der Waals surface area contributed by atoms with Gasteiger partial charge < -0.3 is 14.4 Å². The van der Waals surface area contributed by atoms with Gasteiger partial charge in [-0.1, -0.05) is 36.4 Å². The minimum absolute atomic E-state index is 0.184. The number of hydrogen-bond donors (Lipinski definition) is 1. The van der Waals surface area contributed by atoms with Crippen molar-refractivity contribution in [1.82, 2.24) is 4.90 Å². The van der Waals surface area contributed by atoms with Crippen LogP contribution in [0.5, 0.6) is 5.75 Å². The molecular weight excluding hydrogens is 276 g/mol. The van der Waals surface area contributed by atoms with Crippen LogP contribution in [-0.4, -0.2) is 24.5 Å². The summed E-state index contributed by atoms with van der Waals surface area (Å²) in [5.74, 6) is 1.36. The van der Waals surface area contributed by atoms with E-state index in [-0.39, 0.29) is 6.23 Å². The molecule has 0 radical (unpaired) electrons. The van der Waals surface area contributed by atoms with Crippen molar-refractivity contribution in [2.45, 2.75) is 19.7 Å². The molecule has 22 heavy (non-hydrogen) atoms. The Morgan fingerprint density at radius 1 is 1.09 bits per heavy atom. The molecule has 0 aliphatic carbocycles. The Balaban J connectivity index is 1.87. The van der Waals surface area contributed by atoms with Gasteiger partial charge in [0.1, 0.15) is 11.6 Å². The molecule has 1 unspecified atom stereocenters. The van der Waals surface area contributed by atoms with Gasteiger partial charge in [-0.25, -0.2) is 0 Å². The summed E-state index contributed by atoms with van der Waals surface area (Å²) < 4.78 is 11.1. The van der Waals surface area contributed by atoms with E-state index in [0.717, 1.165) is 22.4 Å². The van der Waals surface area contributed by atoms with Gasteiger partial charge >= 0.3 is 0 Å². The quantitative estimate of drug-likeness (QED) is 0.917. The van der Waals surface area contributed by atoms with Gasteiger partial charge in [-0.15, -0.1) is 0 Å². The molecule has 1 atom stereocenters. The second kappa shape index (κ2) is 6.20. The fourth-order valence-electron chi connectivity index (χ4n) is 2.80. The minimum Gasteiger partial charge on any atom is -0.497 e. The molecular formula is C18H20N2O2. The zero-order chi connectivity index (χ0) is 15.5. The Morgan fingerprint density at radius 3 is 2.50 bits per heavy atom. The lowest BCUT2D eigenvalue weighted by atomic mass is 10.1. The van der Waals surface area contributed by atoms with Gasteiger partial charge in [0, 0.05) is 24.3 Å². The van der Waals surface area contributed by atoms with Crippen LogP contribution in [0.3, 0.4) is 0 Å². The van der Waals surface area contributed by atoms with Crippen molar-refractivity contribution in [1.29, 1.82) is 5.41 Å². The minimum atomic E-state index is -0.184. The molecule has 0 fully saturated rings. The van der Waals surface area contributed by atoms with E-state index in [1.165, 1.54) is 0 Å². The van der Waals surface area contributed by atoms with E-state index in [1.54, 1.807) is 7.11 Å². The molecule has 4 nitrogen and oxygen atoms in total. The van der Waals surface area contributed by atoms with Crippen molar-refractivity contribution >= 4 is 5.84 Å². The van der Waals surface area contributed by atoms with Gasteiger partial charge in [0.25, 0.3) is 0 Å². The molecule has 2 aromatic rings. The maximum Gasteiger partial charge on any atom is 0.158 e. The standard InChI is InChI=1S/C18H20N2O2/c1-3-22-18-16-7-5-4-6-15(16)17(19)20(18)12-13-8-10-14(21-2)11-9-13/h4-11,18-19H,3,12H2,1-2H3. The van der Waals surface area contributed by atoms with Crippen molar-refractivity contribution in [2.24, 2.45) is 0 Å². The molecule has 1 aliphatic heterocycles. The first-order chi connectivity index (χ1) is 10.7. The lowest BCUT2D eigenvalue weighted by Gasteiger charge is -2.26. The average Bonchev–Trinajstić information content (AvgIpc) is 2.82. The molecule has 0 amide bonds.